The normalized spacial score (nSPS) is 15.3. The number of hydrogen-bond acceptors (Lipinski definition) is 5. The minimum absolute atomic E-state index is 0.445. The third-order valence-corrected chi connectivity index (χ3v) is 3.29. The largest absolute Gasteiger partial charge is 0.490 e. The first-order chi connectivity index (χ1) is 11.1. The van der Waals surface area contributed by atoms with Gasteiger partial charge in [-0.2, -0.15) is 0 Å². The molecule has 23 heavy (non-hydrogen) atoms. The zero-order valence-electron chi connectivity index (χ0n) is 13.7. The van der Waals surface area contributed by atoms with Crippen LogP contribution in [0, 0.1) is 0 Å². The maximum atomic E-state index is 11.7. The number of carbonyl (C=O) groups is 1. The van der Waals surface area contributed by atoms with Gasteiger partial charge < -0.3 is 14.3 Å². The van der Waals surface area contributed by atoms with Crippen molar-refractivity contribution in [3.63, 3.8) is 0 Å². The molecule has 2 rings (SSSR count). The van der Waals surface area contributed by atoms with Crippen molar-refractivity contribution in [1.29, 1.82) is 0 Å². The van der Waals surface area contributed by atoms with Crippen LogP contribution in [0.2, 0.25) is 0 Å². The van der Waals surface area contributed by atoms with Gasteiger partial charge in [-0.05, 0) is 51.0 Å². The third-order valence-electron chi connectivity index (χ3n) is 3.29. The molecule has 1 aromatic carbocycles. The van der Waals surface area contributed by atoms with Crippen molar-refractivity contribution in [1.82, 2.24) is 0 Å². The fraction of sp³-hybridized carbons (Fsp3) is 0.333. The van der Waals surface area contributed by atoms with Crippen molar-refractivity contribution >= 4 is 17.8 Å². The molecule has 0 spiro atoms. The predicted octanol–water partition coefficient (Wildman–Crippen LogP) is 3.53. The van der Waals surface area contributed by atoms with E-state index in [1.165, 1.54) is 0 Å². The van der Waals surface area contributed by atoms with E-state index in [2.05, 4.69) is 16.6 Å². The highest BCUT2D eigenvalue weighted by Gasteiger charge is 2.22. The molecule has 0 saturated heterocycles. The molecule has 1 aromatic rings. The van der Waals surface area contributed by atoms with Gasteiger partial charge in [0.2, 0.25) is 0 Å². The van der Waals surface area contributed by atoms with Crippen LogP contribution in [0.3, 0.4) is 0 Å². The molecule has 5 heteroatoms. The fourth-order valence-electron chi connectivity index (χ4n) is 2.33. The minimum atomic E-state index is -0.445. The summed E-state index contributed by atoms with van der Waals surface area (Å²) in [5.74, 6) is 0.928. The van der Waals surface area contributed by atoms with Gasteiger partial charge in [-0.25, -0.2) is 4.79 Å². The van der Waals surface area contributed by atoms with Crippen molar-refractivity contribution in [2.24, 2.45) is 5.16 Å². The Hall–Kier alpha value is -2.56. The Labute approximate surface area is 136 Å². The van der Waals surface area contributed by atoms with Crippen molar-refractivity contribution in [2.45, 2.75) is 27.2 Å². The molecule has 122 valence electrons. The van der Waals surface area contributed by atoms with Crippen LogP contribution in [-0.4, -0.2) is 24.9 Å². The van der Waals surface area contributed by atoms with E-state index in [1.54, 1.807) is 19.1 Å². The third kappa shape index (κ3) is 3.80. The molecular formula is C18H21NO4. The van der Waals surface area contributed by atoms with Crippen molar-refractivity contribution < 1.29 is 19.1 Å². The Morgan fingerprint density at radius 3 is 2.57 bits per heavy atom. The van der Waals surface area contributed by atoms with Gasteiger partial charge in [-0.3, -0.25) is 0 Å². The Kier molecular flexibility index (Phi) is 5.57. The molecule has 0 unspecified atom stereocenters. The SMILES string of the molecule is C=CCc1cc(/C=C2\C(=O)ON=C2C)cc(OCC)c1OCC. The standard InChI is InChI=1S/C18H21NO4/c1-5-8-14-9-13(10-15-12(4)19-23-18(15)20)11-16(21-6-2)17(14)22-7-3/h5,9-11H,1,6-8H2,2-4H3/b15-10-. The second-order valence-electron chi connectivity index (χ2n) is 4.98. The summed E-state index contributed by atoms with van der Waals surface area (Å²) in [5.41, 5.74) is 2.80. The molecule has 0 aliphatic carbocycles. The molecule has 0 fully saturated rings. The van der Waals surface area contributed by atoms with Gasteiger partial charge in [0.15, 0.2) is 11.5 Å². The molecule has 0 amide bonds. The summed E-state index contributed by atoms with van der Waals surface area (Å²) >= 11 is 0. The monoisotopic (exact) mass is 315 g/mol. The van der Waals surface area contributed by atoms with Crippen molar-refractivity contribution in [3.05, 3.63) is 41.5 Å². The summed E-state index contributed by atoms with van der Waals surface area (Å²) in [6.45, 7) is 10.4. The summed E-state index contributed by atoms with van der Waals surface area (Å²) < 4.78 is 11.4. The lowest BCUT2D eigenvalue weighted by molar-refractivity contribution is -0.136. The molecule has 0 N–H and O–H groups in total. The maximum Gasteiger partial charge on any atom is 0.367 e. The fourth-order valence-corrected chi connectivity index (χ4v) is 2.33. The molecule has 0 radical (unpaired) electrons. The minimum Gasteiger partial charge on any atom is -0.490 e. The average molecular weight is 315 g/mol. The molecule has 1 heterocycles. The number of benzene rings is 1. The number of ether oxygens (including phenoxy) is 2. The highest BCUT2D eigenvalue weighted by molar-refractivity contribution is 6.24. The number of allylic oxidation sites excluding steroid dienone is 1. The lowest BCUT2D eigenvalue weighted by Crippen LogP contribution is -2.04. The van der Waals surface area contributed by atoms with Gasteiger partial charge in [0.05, 0.1) is 24.5 Å². The Morgan fingerprint density at radius 2 is 2.00 bits per heavy atom. The maximum absolute atomic E-state index is 11.7. The Balaban J connectivity index is 2.52. The highest BCUT2D eigenvalue weighted by atomic mass is 16.7. The zero-order chi connectivity index (χ0) is 16.8. The smallest absolute Gasteiger partial charge is 0.367 e. The van der Waals surface area contributed by atoms with E-state index in [1.807, 2.05) is 26.0 Å². The van der Waals surface area contributed by atoms with Gasteiger partial charge in [0.25, 0.3) is 0 Å². The van der Waals surface area contributed by atoms with Crippen LogP contribution in [0.25, 0.3) is 6.08 Å². The van der Waals surface area contributed by atoms with E-state index in [9.17, 15) is 4.79 Å². The first-order valence-electron chi connectivity index (χ1n) is 7.62. The van der Waals surface area contributed by atoms with Gasteiger partial charge in [0.1, 0.15) is 0 Å². The van der Waals surface area contributed by atoms with E-state index >= 15 is 0 Å². The van der Waals surface area contributed by atoms with Crippen LogP contribution >= 0.6 is 0 Å². The van der Waals surface area contributed by atoms with Crippen LogP contribution < -0.4 is 9.47 Å². The number of nitrogens with zero attached hydrogens (tertiary/aromatic N) is 1. The summed E-state index contributed by atoms with van der Waals surface area (Å²) in [6, 6.07) is 3.81. The Morgan fingerprint density at radius 1 is 1.26 bits per heavy atom. The summed E-state index contributed by atoms with van der Waals surface area (Å²) in [6.07, 6.45) is 4.20. The van der Waals surface area contributed by atoms with E-state index in [-0.39, 0.29) is 0 Å². The molecule has 5 nitrogen and oxygen atoms in total. The molecule has 0 saturated carbocycles. The van der Waals surface area contributed by atoms with Crippen LogP contribution in [0.1, 0.15) is 31.9 Å². The lowest BCUT2D eigenvalue weighted by atomic mass is 10.0. The van der Waals surface area contributed by atoms with Crippen LogP contribution in [0.5, 0.6) is 11.5 Å². The average Bonchev–Trinajstić information content (AvgIpc) is 2.83. The van der Waals surface area contributed by atoms with Gasteiger partial charge in [-0.15, -0.1) is 6.58 Å². The number of rotatable bonds is 7. The van der Waals surface area contributed by atoms with Crippen molar-refractivity contribution in [3.8, 4) is 11.5 Å². The number of carbonyl (C=O) groups excluding carboxylic acids is 1. The highest BCUT2D eigenvalue weighted by Crippen LogP contribution is 2.35. The van der Waals surface area contributed by atoms with Crippen LogP contribution in [-0.2, 0) is 16.1 Å². The quantitative estimate of drug-likeness (QED) is 0.439. The summed E-state index contributed by atoms with van der Waals surface area (Å²) in [7, 11) is 0. The lowest BCUT2D eigenvalue weighted by Gasteiger charge is -2.16. The number of oxime groups is 1. The number of hydrogen-bond donors (Lipinski definition) is 0. The van der Waals surface area contributed by atoms with E-state index < -0.39 is 5.97 Å². The molecule has 0 atom stereocenters. The molecule has 0 bridgehead atoms. The summed E-state index contributed by atoms with van der Waals surface area (Å²) in [4.78, 5) is 16.4. The van der Waals surface area contributed by atoms with Gasteiger partial charge in [-0.1, -0.05) is 11.2 Å². The molecule has 1 aliphatic heterocycles. The first kappa shape index (κ1) is 16.8. The van der Waals surface area contributed by atoms with E-state index in [0.29, 0.717) is 36.7 Å². The summed E-state index contributed by atoms with van der Waals surface area (Å²) in [5, 5.41) is 3.69. The predicted molar refractivity (Wildman–Crippen MR) is 89.9 cm³/mol. The first-order valence-corrected chi connectivity index (χ1v) is 7.62. The van der Waals surface area contributed by atoms with Crippen LogP contribution in [0.4, 0.5) is 0 Å². The second-order valence-corrected chi connectivity index (χ2v) is 4.98. The zero-order valence-corrected chi connectivity index (χ0v) is 13.7. The van der Waals surface area contributed by atoms with Crippen LogP contribution in [0.15, 0.2) is 35.5 Å². The van der Waals surface area contributed by atoms with Gasteiger partial charge in [0, 0.05) is 5.56 Å². The van der Waals surface area contributed by atoms with Crippen molar-refractivity contribution in [2.75, 3.05) is 13.2 Å². The van der Waals surface area contributed by atoms with E-state index in [4.69, 9.17) is 9.47 Å². The molecular weight excluding hydrogens is 294 g/mol. The topological polar surface area (TPSA) is 57.1 Å². The molecule has 0 aromatic heterocycles. The second kappa shape index (κ2) is 7.63. The Bertz CT molecular complexity index is 674. The van der Waals surface area contributed by atoms with E-state index in [0.717, 1.165) is 16.9 Å². The molecule has 1 aliphatic rings. The van der Waals surface area contributed by atoms with Gasteiger partial charge >= 0.3 is 5.97 Å².